The van der Waals surface area contributed by atoms with E-state index in [1.54, 1.807) is 14.2 Å². The predicted octanol–water partition coefficient (Wildman–Crippen LogP) is 4.05. The summed E-state index contributed by atoms with van der Waals surface area (Å²) in [5, 5.41) is 10.0. The van der Waals surface area contributed by atoms with Gasteiger partial charge in [0, 0.05) is 32.7 Å². The molecule has 1 N–H and O–H groups in total. The number of aryl methyl sites for hydroxylation is 1. The normalized spacial score (nSPS) is 14.5. The van der Waals surface area contributed by atoms with E-state index in [0.29, 0.717) is 11.5 Å². The lowest BCUT2D eigenvalue weighted by molar-refractivity contribution is 0.132. The Morgan fingerprint density at radius 2 is 1.30 bits per heavy atom. The summed E-state index contributed by atoms with van der Waals surface area (Å²) in [7, 11) is 3.13. The fourth-order valence-electron chi connectivity index (χ4n) is 3.77. The number of methoxy groups -OCH3 is 2. The van der Waals surface area contributed by atoms with E-state index in [1.165, 1.54) is 18.5 Å². The van der Waals surface area contributed by atoms with Gasteiger partial charge in [0.05, 0.1) is 14.2 Å². The molecule has 0 radical (unpaired) electrons. The average Bonchev–Trinajstić information content (AvgIpc) is 2.74. The summed E-state index contributed by atoms with van der Waals surface area (Å²) < 4.78 is 10.5. The van der Waals surface area contributed by atoms with Gasteiger partial charge in [-0.05, 0) is 49.1 Å². The molecule has 5 nitrogen and oxygen atoms in total. The van der Waals surface area contributed by atoms with Gasteiger partial charge in [0.25, 0.3) is 0 Å². The largest absolute Gasteiger partial charge is 0.502 e. The van der Waals surface area contributed by atoms with E-state index in [1.807, 2.05) is 12.1 Å². The van der Waals surface area contributed by atoms with Crippen LogP contribution in [0.3, 0.4) is 0 Å². The molecule has 0 spiro atoms. The van der Waals surface area contributed by atoms with Gasteiger partial charge in [-0.3, -0.25) is 0 Å². The maximum atomic E-state index is 10.0. The lowest BCUT2D eigenvalue weighted by atomic mass is 10.1. The topological polar surface area (TPSA) is 45.2 Å². The van der Waals surface area contributed by atoms with Gasteiger partial charge in [-0.2, -0.15) is 0 Å². The Morgan fingerprint density at radius 3 is 1.83 bits per heavy atom. The number of phenolic OH excluding ortho intramolecular Hbond substituents is 1. The van der Waals surface area contributed by atoms with Gasteiger partial charge >= 0.3 is 0 Å². The zero-order chi connectivity index (χ0) is 19.8. The number of hydrogen-bond donors (Lipinski definition) is 1. The highest BCUT2D eigenvalue weighted by Gasteiger charge is 2.17. The van der Waals surface area contributed by atoms with Crippen molar-refractivity contribution in [3.8, 4) is 17.2 Å². The number of nitrogens with zero attached hydrogens (tertiary/aromatic N) is 2. The second kappa shape index (κ2) is 13.6. The molecule has 0 bridgehead atoms. The molecule has 0 aromatic heterocycles. The number of benzene rings is 2. The second-order valence-corrected chi connectivity index (χ2v) is 7.37. The molecule has 1 aliphatic rings. The molecular weight excluding hydrogens is 423 g/mol. The lowest BCUT2D eigenvalue weighted by Crippen LogP contribution is -2.47. The molecule has 1 saturated heterocycles. The molecule has 0 aliphatic carbocycles. The first-order valence-corrected chi connectivity index (χ1v) is 10.1. The highest BCUT2D eigenvalue weighted by molar-refractivity contribution is 5.85. The van der Waals surface area contributed by atoms with Crippen LogP contribution < -0.4 is 9.47 Å². The third-order valence-corrected chi connectivity index (χ3v) is 5.50. The average molecular weight is 457 g/mol. The number of hydrogen-bond acceptors (Lipinski definition) is 5. The van der Waals surface area contributed by atoms with Crippen molar-refractivity contribution in [2.75, 3.05) is 53.5 Å². The van der Waals surface area contributed by atoms with Crippen molar-refractivity contribution in [3.05, 3.63) is 53.6 Å². The van der Waals surface area contributed by atoms with Crippen molar-refractivity contribution in [2.45, 2.75) is 19.3 Å². The van der Waals surface area contributed by atoms with Crippen LogP contribution in [-0.4, -0.2) is 68.4 Å². The molecule has 0 atom stereocenters. The molecule has 168 valence electrons. The van der Waals surface area contributed by atoms with Crippen molar-refractivity contribution in [2.24, 2.45) is 0 Å². The van der Waals surface area contributed by atoms with Crippen LogP contribution in [0.15, 0.2) is 42.5 Å². The number of phenols is 1. The smallest absolute Gasteiger partial charge is 0.200 e. The first-order valence-electron chi connectivity index (χ1n) is 10.1. The van der Waals surface area contributed by atoms with Crippen LogP contribution >= 0.6 is 24.8 Å². The molecule has 7 heteroatoms. The number of piperazine rings is 1. The molecule has 2 aromatic carbocycles. The minimum Gasteiger partial charge on any atom is -0.502 e. The van der Waals surface area contributed by atoms with Gasteiger partial charge in [-0.25, -0.2) is 0 Å². The standard InChI is InChI=1S/C23H32N2O3.2ClH/c1-27-21-17-20(18-22(28-2)23(21)26)10-12-25-15-13-24(14-16-25)11-6-9-19-7-4-3-5-8-19;;/h3-5,7-8,17-18,26H,6,9-16H2,1-2H3;2*1H. The fourth-order valence-corrected chi connectivity index (χ4v) is 3.77. The molecule has 3 rings (SSSR count). The third kappa shape index (κ3) is 7.55. The zero-order valence-corrected chi connectivity index (χ0v) is 19.5. The van der Waals surface area contributed by atoms with E-state index in [4.69, 9.17) is 9.47 Å². The van der Waals surface area contributed by atoms with Crippen molar-refractivity contribution in [3.63, 3.8) is 0 Å². The highest BCUT2D eigenvalue weighted by Crippen LogP contribution is 2.37. The van der Waals surface area contributed by atoms with E-state index in [0.717, 1.165) is 51.1 Å². The summed E-state index contributed by atoms with van der Waals surface area (Å²) in [5.41, 5.74) is 2.55. The predicted molar refractivity (Wildman–Crippen MR) is 127 cm³/mol. The number of rotatable bonds is 9. The first-order chi connectivity index (χ1) is 13.7. The fraction of sp³-hybridized carbons (Fsp3) is 0.478. The Labute approximate surface area is 192 Å². The second-order valence-electron chi connectivity index (χ2n) is 7.37. The Kier molecular flexibility index (Phi) is 12.0. The molecule has 1 fully saturated rings. The first kappa shape index (κ1) is 26.4. The number of aromatic hydroxyl groups is 1. The van der Waals surface area contributed by atoms with Gasteiger partial charge in [0.1, 0.15) is 0 Å². The van der Waals surface area contributed by atoms with E-state index >= 15 is 0 Å². The van der Waals surface area contributed by atoms with Gasteiger partial charge in [0.2, 0.25) is 5.75 Å². The minimum absolute atomic E-state index is 0. The molecule has 0 amide bonds. The highest BCUT2D eigenvalue weighted by atomic mass is 35.5. The summed E-state index contributed by atoms with van der Waals surface area (Å²) in [4.78, 5) is 5.09. The van der Waals surface area contributed by atoms with Crippen LogP contribution in [0.1, 0.15) is 17.5 Å². The van der Waals surface area contributed by atoms with Crippen LogP contribution in [-0.2, 0) is 12.8 Å². The van der Waals surface area contributed by atoms with Crippen molar-refractivity contribution in [1.82, 2.24) is 9.80 Å². The Morgan fingerprint density at radius 1 is 0.767 bits per heavy atom. The van der Waals surface area contributed by atoms with Crippen molar-refractivity contribution < 1.29 is 14.6 Å². The van der Waals surface area contributed by atoms with E-state index in [-0.39, 0.29) is 30.6 Å². The Balaban J connectivity index is 0.00000225. The zero-order valence-electron chi connectivity index (χ0n) is 17.9. The molecule has 1 heterocycles. The van der Waals surface area contributed by atoms with Gasteiger partial charge in [-0.1, -0.05) is 30.3 Å². The Bertz CT molecular complexity index is 713. The van der Waals surface area contributed by atoms with Crippen molar-refractivity contribution >= 4 is 24.8 Å². The van der Waals surface area contributed by atoms with Gasteiger partial charge in [-0.15, -0.1) is 24.8 Å². The van der Waals surface area contributed by atoms with Crippen LogP contribution in [0.25, 0.3) is 0 Å². The molecule has 2 aromatic rings. The van der Waals surface area contributed by atoms with Crippen LogP contribution in [0.4, 0.5) is 0 Å². The van der Waals surface area contributed by atoms with Gasteiger partial charge < -0.3 is 24.4 Å². The summed E-state index contributed by atoms with van der Waals surface area (Å²) in [6.07, 6.45) is 3.30. The maximum absolute atomic E-state index is 10.0. The lowest BCUT2D eigenvalue weighted by Gasteiger charge is -2.34. The monoisotopic (exact) mass is 456 g/mol. The molecule has 1 aliphatic heterocycles. The molecule has 0 saturated carbocycles. The van der Waals surface area contributed by atoms with E-state index < -0.39 is 0 Å². The van der Waals surface area contributed by atoms with E-state index in [2.05, 4.69) is 40.1 Å². The third-order valence-electron chi connectivity index (χ3n) is 5.50. The maximum Gasteiger partial charge on any atom is 0.200 e. The van der Waals surface area contributed by atoms with Crippen LogP contribution in [0.5, 0.6) is 17.2 Å². The summed E-state index contributed by atoms with van der Waals surface area (Å²) in [5.74, 6) is 1.01. The molecular formula is C23H34Cl2N2O3. The van der Waals surface area contributed by atoms with E-state index in [9.17, 15) is 5.11 Å². The van der Waals surface area contributed by atoms with Crippen molar-refractivity contribution in [1.29, 1.82) is 0 Å². The SMILES string of the molecule is COc1cc(CCN2CCN(CCCc3ccccc3)CC2)cc(OC)c1O.Cl.Cl. The quantitative estimate of drug-likeness (QED) is 0.616. The molecule has 0 unspecified atom stereocenters. The molecule has 30 heavy (non-hydrogen) atoms. The summed E-state index contributed by atoms with van der Waals surface area (Å²) in [6, 6.07) is 14.5. The number of halogens is 2. The van der Waals surface area contributed by atoms with Gasteiger partial charge in [0.15, 0.2) is 11.5 Å². The van der Waals surface area contributed by atoms with Crippen LogP contribution in [0.2, 0.25) is 0 Å². The number of ether oxygens (including phenoxy) is 2. The minimum atomic E-state index is 0. The Hall–Kier alpha value is -1.66. The van der Waals surface area contributed by atoms with Crippen LogP contribution in [0, 0.1) is 0 Å². The summed E-state index contributed by atoms with van der Waals surface area (Å²) in [6.45, 7) is 6.67. The summed E-state index contributed by atoms with van der Waals surface area (Å²) >= 11 is 0.